The standard InChI is InChI=1S/C25H30N4O5/c1-16(2)22(29-12-6-7-13-29)23(30)27-19(25(32)34-5)14-17-8-10-18(11-9-17)21-20(33-4)15-26-28(3)24(21)31/h6-13,15-16,19,22H,14H2,1-5H3,(H,27,30)/t19-,22+/m0/s1. The number of carbonyl (C=O) groups excluding carboxylic acids is 2. The minimum atomic E-state index is -0.858. The number of nitrogens with one attached hydrogen (secondary N) is 1. The Labute approximate surface area is 198 Å². The Morgan fingerprint density at radius 1 is 1.09 bits per heavy atom. The first-order chi connectivity index (χ1) is 16.3. The van der Waals surface area contributed by atoms with Crippen LogP contribution in [0, 0.1) is 5.92 Å². The van der Waals surface area contributed by atoms with E-state index in [-0.39, 0.29) is 23.8 Å². The molecule has 0 aliphatic carbocycles. The summed E-state index contributed by atoms with van der Waals surface area (Å²) in [5.41, 5.74) is 1.58. The maximum Gasteiger partial charge on any atom is 0.328 e. The van der Waals surface area contributed by atoms with Gasteiger partial charge in [-0.15, -0.1) is 0 Å². The average molecular weight is 467 g/mol. The SMILES string of the molecule is COC(=O)[C@H](Cc1ccc(-c2c(OC)cnn(C)c2=O)cc1)NC(=O)[C@@H](C(C)C)n1cccc1. The van der Waals surface area contributed by atoms with E-state index in [1.165, 1.54) is 25.1 Å². The van der Waals surface area contributed by atoms with E-state index < -0.39 is 18.1 Å². The summed E-state index contributed by atoms with van der Waals surface area (Å²) in [5.74, 6) is -0.399. The summed E-state index contributed by atoms with van der Waals surface area (Å²) < 4.78 is 13.3. The van der Waals surface area contributed by atoms with E-state index in [1.807, 2.05) is 55.1 Å². The van der Waals surface area contributed by atoms with E-state index in [2.05, 4.69) is 10.4 Å². The number of ether oxygens (including phenoxy) is 2. The van der Waals surface area contributed by atoms with Crippen LogP contribution in [0.4, 0.5) is 0 Å². The molecule has 0 unspecified atom stereocenters. The molecular formula is C25H30N4O5. The van der Waals surface area contributed by atoms with Crippen molar-refractivity contribution in [1.82, 2.24) is 19.7 Å². The third-order valence-corrected chi connectivity index (χ3v) is 5.66. The third-order valence-electron chi connectivity index (χ3n) is 5.66. The van der Waals surface area contributed by atoms with Crippen molar-refractivity contribution in [2.45, 2.75) is 32.4 Å². The number of esters is 1. The summed E-state index contributed by atoms with van der Waals surface area (Å²) >= 11 is 0. The van der Waals surface area contributed by atoms with Gasteiger partial charge < -0.3 is 19.4 Å². The second-order valence-electron chi connectivity index (χ2n) is 8.32. The monoisotopic (exact) mass is 466 g/mol. The zero-order chi connectivity index (χ0) is 24.8. The first-order valence-electron chi connectivity index (χ1n) is 11.0. The normalized spacial score (nSPS) is 12.8. The van der Waals surface area contributed by atoms with Crippen LogP contribution < -0.4 is 15.6 Å². The lowest BCUT2D eigenvalue weighted by Crippen LogP contribution is -2.46. The van der Waals surface area contributed by atoms with Gasteiger partial charge >= 0.3 is 5.97 Å². The predicted octanol–water partition coefficient (Wildman–Crippen LogP) is 2.35. The molecule has 3 aromatic rings. The largest absolute Gasteiger partial charge is 0.494 e. The molecule has 0 saturated carbocycles. The number of nitrogens with zero attached hydrogens (tertiary/aromatic N) is 3. The van der Waals surface area contributed by atoms with E-state index in [4.69, 9.17) is 9.47 Å². The van der Waals surface area contributed by atoms with Gasteiger partial charge in [-0.05, 0) is 29.2 Å². The molecule has 34 heavy (non-hydrogen) atoms. The van der Waals surface area contributed by atoms with Crippen molar-refractivity contribution < 1.29 is 19.1 Å². The van der Waals surface area contributed by atoms with Crippen molar-refractivity contribution in [3.05, 3.63) is 70.9 Å². The molecule has 0 saturated heterocycles. The highest BCUT2D eigenvalue weighted by Crippen LogP contribution is 2.26. The Hall–Kier alpha value is -3.88. The molecule has 9 heteroatoms. The molecule has 0 radical (unpaired) electrons. The van der Waals surface area contributed by atoms with Crippen LogP contribution in [0.3, 0.4) is 0 Å². The lowest BCUT2D eigenvalue weighted by atomic mass is 9.99. The molecule has 0 spiro atoms. The van der Waals surface area contributed by atoms with E-state index in [0.717, 1.165) is 5.56 Å². The molecule has 0 aliphatic rings. The molecule has 1 amide bonds. The second-order valence-corrected chi connectivity index (χ2v) is 8.32. The summed E-state index contributed by atoms with van der Waals surface area (Å²) in [6.07, 6.45) is 5.38. The van der Waals surface area contributed by atoms with Crippen LogP contribution in [-0.4, -0.2) is 46.5 Å². The third kappa shape index (κ3) is 5.36. The molecule has 2 heterocycles. The molecule has 0 fully saturated rings. The van der Waals surface area contributed by atoms with Crippen LogP contribution >= 0.6 is 0 Å². The minimum absolute atomic E-state index is 0.0166. The van der Waals surface area contributed by atoms with E-state index in [0.29, 0.717) is 16.9 Å². The van der Waals surface area contributed by atoms with Crippen molar-refractivity contribution in [3.63, 3.8) is 0 Å². The summed E-state index contributed by atoms with van der Waals surface area (Å²) in [5, 5.41) is 6.83. The first kappa shape index (κ1) is 24.8. The van der Waals surface area contributed by atoms with Crippen LogP contribution in [0.15, 0.2) is 59.8 Å². The Balaban J connectivity index is 1.83. The number of carbonyl (C=O) groups is 2. The van der Waals surface area contributed by atoms with Crippen LogP contribution in [0.25, 0.3) is 11.1 Å². The minimum Gasteiger partial charge on any atom is -0.494 e. The Kier molecular flexibility index (Phi) is 7.88. The van der Waals surface area contributed by atoms with Gasteiger partial charge in [0.05, 0.1) is 26.0 Å². The fourth-order valence-electron chi connectivity index (χ4n) is 3.90. The zero-order valence-corrected chi connectivity index (χ0v) is 20.0. The van der Waals surface area contributed by atoms with Crippen LogP contribution in [0.2, 0.25) is 0 Å². The van der Waals surface area contributed by atoms with Gasteiger partial charge in [-0.25, -0.2) is 9.48 Å². The van der Waals surface area contributed by atoms with Gasteiger partial charge in [0.15, 0.2) is 5.75 Å². The van der Waals surface area contributed by atoms with E-state index in [1.54, 1.807) is 19.2 Å². The fourth-order valence-corrected chi connectivity index (χ4v) is 3.90. The van der Waals surface area contributed by atoms with Crippen molar-refractivity contribution in [3.8, 4) is 16.9 Å². The summed E-state index contributed by atoms with van der Waals surface area (Å²) in [4.78, 5) is 38.1. The topological polar surface area (TPSA) is 104 Å². The quantitative estimate of drug-likeness (QED) is 0.486. The lowest BCUT2D eigenvalue weighted by molar-refractivity contribution is -0.145. The van der Waals surface area contributed by atoms with Crippen molar-refractivity contribution in [2.75, 3.05) is 14.2 Å². The molecule has 2 atom stereocenters. The van der Waals surface area contributed by atoms with Crippen molar-refractivity contribution in [2.24, 2.45) is 13.0 Å². The molecule has 3 rings (SSSR count). The van der Waals surface area contributed by atoms with Gasteiger partial charge in [-0.1, -0.05) is 38.1 Å². The lowest BCUT2D eigenvalue weighted by Gasteiger charge is -2.25. The summed E-state index contributed by atoms with van der Waals surface area (Å²) in [6, 6.07) is 9.57. The number of benzene rings is 1. The molecule has 2 aromatic heterocycles. The van der Waals surface area contributed by atoms with Crippen molar-refractivity contribution in [1.29, 1.82) is 0 Å². The summed E-state index contributed by atoms with van der Waals surface area (Å²) in [7, 11) is 4.35. The molecular weight excluding hydrogens is 436 g/mol. The average Bonchev–Trinajstić information content (AvgIpc) is 3.34. The maximum atomic E-state index is 13.1. The number of hydrogen-bond acceptors (Lipinski definition) is 6. The highest BCUT2D eigenvalue weighted by molar-refractivity contribution is 5.87. The van der Waals surface area contributed by atoms with Gasteiger partial charge in [0, 0.05) is 25.9 Å². The number of hydrogen-bond donors (Lipinski definition) is 1. The molecule has 0 bridgehead atoms. The Morgan fingerprint density at radius 3 is 2.29 bits per heavy atom. The molecule has 9 nitrogen and oxygen atoms in total. The van der Waals surface area contributed by atoms with E-state index in [9.17, 15) is 14.4 Å². The maximum absolute atomic E-state index is 13.1. The molecule has 180 valence electrons. The Bertz CT molecular complexity index is 1180. The van der Waals surface area contributed by atoms with Gasteiger partial charge in [0.1, 0.15) is 12.1 Å². The zero-order valence-electron chi connectivity index (χ0n) is 20.0. The Morgan fingerprint density at radius 2 is 1.74 bits per heavy atom. The molecule has 1 aromatic carbocycles. The number of aromatic nitrogens is 3. The number of methoxy groups -OCH3 is 2. The molecule has 1 N–H and O–H groups in total. The van der Waals surface area contributed by atoms with E-state index >= 15 is 0 Å². The van der Waals surface area contributed by atoms with Gasteiger partial charge in [-0.3, -0.25) is 9.59 Å². The summed E-state index contributed by atoms with van der Waals surface area (Å²) in [6.45, 7) is 3.90. The highest BCUT2D eigenvalue weighted by Gasteiger charge is 2.29. The second kappa shape index (κ2) is 10.8. The fraction of sp³-hybridized carbons (Fsp3) is 0.360. The van der Waals surface area contributed by atoms with Crippen LogP contribution in [0.5, 0.6) is 5.75 Å². The predicted molar refractivity (Wildman–Crippen MR) is 127 cm³/mol. The van der Waals surface area contributed by atoms with Crippen molar-refractivity contribution >= 4 is 11.9 Å². The van der Waals surface area contributed by atoms with Gasteiger partial charge in [0.2, 0.25) is 5.91 Å². The smallest absolute Gasteiger partial charge is 0.328 e. The number of aryl methyl sites for hydroxylation is 1. The van der Waals surface area contributed by atoms with Crippen LogP contribution in [0.1, 0.15) is 25.5 Å². The van der Waals surface area contributed by atoms with Gasteiger partial charge in [0.25, 0.3) is 5.56 Å². The van der Waals surface area contributed by atoms with Gasteiger partial charge in [-0.2, -0.15) is 5.10 Å². The number of rotatable bonds is 9. The molecule has 0 aliphatic heterocycles. The number of amides is 1. The first-order valence-corrected chi connectivity index (χ1v) is 11.0. The van der Waals surface area contributed by atoms with Crippen LogP contribution in [-0.2, 0) is 27.8 Å². The highest BCUT2D eigenvalue weighted by atomic mass is 16.5.